The number of hydrogen-bond donors (Lipinski definition) is 2. The molecule has 4 heterocycles. The Kier molecular flexibility index (Phi) is 21.7. The Bertz CT molecular complexity index is 2720. The fourth-order valence-electron chi connectivity index (χ4n) is 11.9. The number of anilines is 3. The van der Waals surface area contributed by atoms with Crippen molar-refractivity contribution in [3.63, 3.8) is 0 Å². The van der Waals surface area contributed by atoms with Crippen LogP contribution < -0.4 is 29.9 Å². The van der Waals surface area contributed by atoms with Crippen LogP contribution in [0.25, 0.3) is 0 Å². The van der Waals surface area contributed by atoms with Crippen LogP contribution in [-0.4, -0.2) is 183 Å². The summed E-state index contributed by atoms with van der Waals surface area (Å²) in [6, 6.07) is 25.4. The Morgan fingerprint density at radius 3 is 2.04 bits per heavy atom. The van der Waals surface area contributed by atoms with Gasteiger partial charge in [-0.25, -0.2) is 0 Å². The van der Waals surface area contributed by atoms with E-state index in [9.17, 15) is 19.2 Å². The molecule has 0 aromatic heterocycles. The number of benzene rings is 4. The number of piperazine rings is 1. The standard InChI is InChI=1S/C62H82ClN7O11/c1-43(2)81-57-40-52-46(38-56(57)75-4)39-59(72)70(60(52)45-10-12-47(63)13-11-45)50-18-16-48(17-19-50)66(3)41-44-8-14-49(15-9-44)68-25-23-67(24-26-68)27-29-77-31-33-79-35-37-80-36-34-78-32-30-76-28-22-64-54-7-5-6-51-53(54)42-69(62(51)74)55-20-21-58(71)65-61(55)73/h5-7,10-13,16-19,38,40,43-44,49,55,60,64H,8-9,14-15,20-37,39,41-42H2,1-4H3,(H,65,71,73)/t44?,49?,55?,60-/m0/s1. The zero-order valence-corrected chi connectivity index (χ0v) is 48.4. The smallest absolute Gasteiger partial charge is 0.255 e. The van der Waals surface area contributed by atoms with Gasteiger partial charge in [0.05, 0.1) is 91.7 Å². The molecule has 19 heteroatoms. The molecule has 2 saturated heterocycles. The largest absolute Gasteiger partial charge is 0.493 e. The van der Waals surface area contributed by atoms with Gasteiger partial charge >= 0.3 is 0 Å². The fourth-order valence-corrected chi connectivity index (χ4v) is 12.0. The van der Waals surface area contributed by atoms with Gasteiger partial charge in [-0.2, -0.15) is 0 Å². The number of piperidine rings is 1. The van der Waals surface area contributed by atoms with Gasteiger partial charge in [0.25, 0.3) is 5.91 Å². The van der Waals surface area contributed by atoms with Crippen molar-refractivity contribution in [3.8, 4) is 11.5 Å². The van der Waals surface area contributed by atoms with Crippen molar-refractivity contribution in [3.05, 3.63) is 112 Å². The highest BCUT2D eigenvalue weighted by Gasteiger charge is 2.40. The molecule has 5 aliphatic rings. The predicted molar refractivity (Wildman–Crippen MR) is 312 cm³/mol. The molecule has 81 heavy (non-hydrogen) atoms. The van der Waals surface area contributed by atoms with E-state index in [4.69, 9.17) is 44.8 Å². The van der Waals surface area contributed by atoms with E-state index >= 15 is 0 Å². The fraction of sp³-hybridized carbons (Fsp3) is 0.548. The molecular weight excluding hydrogens is 1050 g/mol. The number of nitrogens with zero attached hydrogens (tertiary/aromatic N) is 5. The van der Waals surface area contributed by atoms with Crippen molar-refractivity contribution < 1.29 is 52.3 Å². The van der Waals surface area contributed by atoms with Crippen molar-refractivity contribution in [2.24, 2.45) is 5.92 Å². The number of halogens is 1. The van der Waals surface area contributed by atoms with Crippen molar-refractivity contribution >= 4 is 52.3 Å². The van der Waals surface area contributed by atoms with Crippen LogP contribution in [0, 0.1) is 5.92 Å². The lowest BCUT2D eigenvalue weighted by Gasteiger charge is -2.42. The molecule has 2 N–H and O–H groups in total. The monoisotopic (exact) mass is 1140 g/mol. The molecule has 0 spiro atoms. The molecule has 438 valence electrons. The normalized spacial score (nSPS) is 20.6. The first-order valence-electron chi connectivity index (χ1n) is 29.1. The second-order valence-electron chi connectivity index (χ2n) is 21.9. The van der Waals surface area contributed by atoms with Gasteiger partial charge in [-0.15, -0.1) is 0 Å². The van der Waals surface area contributed by atoms with Crippen molar-refractivity contribution in [1.82, 2.24) is 20.0 Å². The third-order valence-electron chi connectivity index (χ3n) is 16.2. The molecule has 1 saturated carbocycles. The molecule has 2 atom stereocenters. The predicted octanol–water partition coefficient (Wildman–Crippen LogP) is 7.38. The van der Waals surface area contributed by atoms with Crippen LogP contribution in [0.3, 0.4) is 0 Å². The first-order chi connectivity index (χ1) is 39.4. The Morgan fingerprint density at radius 2 is 1.40 bits per heavy atom. The molecule has 0 radical (unpaired) electrons. The lowest BCUT2D eigenvalue weighted by Crippen LogP contribution is -2.52. The number of ether oxygens (including phenoxy) is 7. The number of imide groups is 1. The molecule has 3 fully saturated rings. The Hall–Kier alpha value is -5.83. The molecule has 1 aliphatic carbocycles. The first-order valence-corrected chi connectivity index (χ1v) is 29.4. The van der Waals surface area contributed by atoms with Gasteiger partial charge in [0.1, 0.15) is 6.04 Å². The minimum atomic E-state index is -0.642. The number of carbonyl (C=O) groups is 4. The first kappa shape index (κ1) is 59.8. The molecule has 4 aromatic carbocycles. The summed E-state index contributed by atoms with van der Waals surface area (Å²) in [6.45, 7) is 16.2. The van der Waals surface area contributed by atoms with E-state index in [0.717, 1.165) is 78.6 Å². The molecule has 4 aromatic rings. The molecule has 1 unspecified atom stereocenters. The molecule has 18 nitrogen and oxygen atoms in total. The van der Waals surface area contributed by atoms with Crippen molar-refractivity contribution in [2.75, 3.05) is 141 Å². The number of rotatable bonds is 29. The summed E-state index contributed by atoms with van der Waals surface area (Å²) < 4.78 is 40.5. The maximum absolute atomic E-state index is 14.1. The number of nitrogens with one attached hydrogen (secondary N) is 2. The van der Waals surface area contributed by atoms with E-state index in [2.05, 4.69) is 56.6 Å². The van der Waals surface area contributed by atoms with Crippen LogP contribution in [0.1, 0.15) is 91.0 Å². The SMILES string of the molecule is COc1cc2c(cc1OC(C)C)[C@H](c1ccc(Cl)cc1)N(c1ccc(N(C)CC3CCC(N4CCN(CCOCCOCCOCCOCCOCCNc5cccc6c5CN(C5CCC(=O)NC5=O)C6=O)CC4)CC3)cc1)C(=O)C2. The topological polar surface area (TPSA) is 173 Å². The second-order valence-corrected chi connectivity index (χ2v) is 22.4. The van der Waals surface area contributed by atoms with Crippen LogP contribution in [0.15, 0.2) is 78.9 Å². The third kappa shape index (κ3) is 15.8. The maximum Gasteiger partial charge on any atom is 0.255 e. The Balaban J connectivity index is 0.581. The van der Waals surface area contributed by atoms with Gasteiger partial charge < -0.3 is 53.2 Å². The molecule has 4 aliphatic heterocycles. The summed E-state index contributed by atoms with van der Waals surface area (Å²) in [4.78, 5) is 62.2. The van der Waals surface area contributed by atoms with E-state index in [0.29, 0.717) is 120 Å². The summed E-state index contributed by atoms with van der Waals surface area (Å²) in [5, 5.41) is 6.34. The van der Waals surface area contributed by atoms with Crippen molar-refractivity contribution in [2.45, 2.75) is 89.6 Å². The summed E-state index contributed by atoms with van der Waals surface area (Å²) in [5.41, 5.74) is 7.17. The van der Waals surface area contributed by atoms with Crippen LogP contribution in [0.5, 0.6) is 11.5 Å². The number of fused-ring (bicyclic) bond motifs is 2. The number of carbonyl (C=O) groups excluding carboxylic acids is 4. The third-order valence-corrected chi connectivity index (χ3v) is 16.4. The lowest BCUT2D eigenvalue weighted by atomic mass is 9.84. The maximum atomic E-state index is 14.1. The minimum absolute atomic E-state index is 0.0241. The number of amides is 4. The highest BCUT2D eigenvalue weighted by molar-refractivity contribution is 6.30. The average Bonchev–Trinajstić information content (AvgIpc) is 3.87. The minimum Gasteiger partial charge on any atom is -0.493 e. The molecule has 0 bridgehead atoms. The summed E-state index contributed by atoms with van der Waals surface area (Å²) in [7, 11) is 3.82. The Morgan fingerprint density at radius 1 is 0.741 bits per heavy atom. The summed E-state index contributed by atoms with van der Waals surface area (Å²) in [5.74, 6) is 1.04. The van der Waals surface area contributed by atoms with Gasteiger partial charge in [0.15, 0.2) is 11.5 Å². The van der Waals surface area contributed by atoms with Gasteiger partial charge in [-0.1, -0.05) is 29.8 Å². The molecule has 9 rings (SSSR count). The highest BCUT2D eigenvalue weighted by atomic mass is 35.5. The highest BCUT2D eigenvalue weighted by Crippen LogP contribution is 2.44. The Labute approximate surface area is 482 Å². The summed E-state index contributed by atoms with van der Waals surface area (Å²) >= 11 is 6.35. The molecule has 4 amide bonds. The van der Waals surface area contributed by atoms with Gasteiger partial charge in [0.2, 0.25) is 17.7 Å². The zero-order chi connectivity index (χ0) is 56.7. The lowest BCUT2D eigenvalue weighted by molar-refractivity contribution is -0.137. The second kappa shape index (κ2) is 29.4. The van der Waals surface area contributed by atoms with Gasteiger partial charge in [0, 0.05) is 105 Å². The van der Waals surface area contributed by atoms with Crippen molar-refractivity contribution in [1.29, 1.82) is 0 Å². The van der Waals surface area contributed by atoms with E-state index in [-0.39, 0.29) is 42.7 Å². The van der Waals surface area contributed by atoms with Gasteiger partial charge in [-0.05, 0) is 129 Å². The number of methoxy groups -OCH3 is 1. The van der Waals surface area contributed by atoms with E-state index in [1.54, 1.807) is 18.1 Å². The van der Waals surface area contributed by atoms with E-state index in [1.807, 2.05) is 67.3 Å². The quantitative estimate of drug-likeness (QED) is 0.0407. The van der Waals surface area contributed by atoms with Crippen LogP contribution in [0.4, 0.5) is 17.1 Å². The van der Waals surface area contributed by atoms with Gasteiger partial charge in [-0.3, -0.25) is 34.3 Å². The number of hydrogen-bond acceptors (Lipinski definition) is 15. The zero-order valence-electron chi connectivity index (χ0n) is 47.7. The average molecular weight is 1140 g/mol. The summed E-state index contributed by atoms with van der Waals surface area (Å²) in [6.07, 6.45) is 5.70. The van der Waals surface area contributed by atoms with E-state index in [1.165, 1.54) is 25.7 Å². The van der Waals surface area contributed by atoms with Crippen LogP contribution >= 0.6 is 11.6 Å². The molecular formula is C62H82ClN7O11. The van der Waals surface area contributed by atoms with Crippen LogP contribution in [-0.2, 0) is 51.0 Å². The van der Waals surface area contributed by atoms with E-state index < -0.39 is 11.9 Å². The van der Waals surface area contributed by atoms with Crippen LogP contribution in [0.2, 0.25) is 5.02 Å².